The maximum atomic E-state index is 6.49. The Morgan fingerprint density at radius 3 is 1.35 bits per heavy atom. The van der Waals surface area contributed by atoms with Crippen molar-refractivity contribution in [3.63, 3.8) is 0 Å². The standard InChI is InChI=1S/C51H29N3O3/c1-2-9-31(10-3-1)36-13-8-16-44-48(36)41-26-23-35(29-47(41)57-44)51-53-49(52-50(54-51)34-22-25-40-38-12-5-7-15-43(38)56-46(40)28-34)32-19-17-30(18-20-32)33-21-24-39-37-11-4-6-14-42(37)55-45(39)27-33/h1-29H. The van der Waals surface area contributed by atoms with Crippen molar-refractivity contribution < 1.29 is 13.3 Å². The second-order valence-electron chi connectivity index (χ2n) is 14.4. The maximum Gasteiger partial charge on any atom is 0.164 e. The normalized spacial score (nSPS) is 11.9. The molecule has 0 aliphatic rings. The van der Waals surface area contributed by atoms with Gasteiger partial charge in [0.15, 0.2) is 17.5 Å². The van der Waals surface area contributed by atoms with Crippen LogP contribution < -0.4 is 0 Å². The van der Waals surface area contributed by atoms with E-state index in [1.165, 1.54) is 0 Å². The van der Waals surface area contributed by atoms with Crippen molar-refractivity contribution in [1.29, 1.82) is 0 Å². The molecule has 4 aromatic heterocycles. The molecule has 6 heteroatoms. The third kappa shape index (κ3) is 5.15. The molecule has 0 atom stereocenters. The SMILES string of the molecule is c1ccc(-c2cccc3oc4cc(-c5nc(-c6ccc(-c7ccc8c(c7)oc7ccccc78)cc6)nc(-c6ccc7c(c6)oc6ccccc67)n5)ccc4c23)cc1. The van der Waals surface area contributed by atoms with Gasteiger partial charge in [0.1, 0.15) is 33.5 Å². The van der Waals surface area contributed by atoms with Crippen molar-refractivity contribution in [3.8, 4) is 56.4 Å². The Morgan fingerprint density at radius 1 is 0.263 bits per heavy atom. The summed E-state index contributed by atoms with van der Waals surface area (Å²) in [5.41, 5.74) is 11.9. The van der Waals surface area contributed by atoms with E-state index in [1.807, 2.05) is 66.7 Å². The van der Waals surface area contributed by atoms with Crippen LogP contribution in [0.5, 0.6) is 0 Å². The summed E-state index contributed by atoms with van der Waals surface area (Å²) in [7, 11) is 0. The highest BCUT2D eigenvalue weighted by Crippen LogP contribution is 2.39. The van der Waals surface area contributed by atoms with Crippen LogP contribution in [0.1, 0.15) is 0 Å². The summed E-state index contributed by atoms with van der Waals surface area (Å²) in [5, 5.41) is 6.47. The number of nitrogens with zero attached hydrogens (tertiary/aromatic N) is 3. The fourth-order valence-electron chi connectivity index (χ4n) is 8.17. The Hall–Kier alpha value is -7.83. The van der Waals surface area contributed by atoms with Gasteiger partial charge >= 0.3 is 0 Å². The van der Waals surface area contributed by atoms with E-state index in [1.54, 1.807) is 0 Å². The summed E-state index contributed by atoms with van der Waals surface area (Å²) in [4.78, 5) is 15.2. The highest BCUT2D eigenvalue weighted by atomic mass is 16.3. The highest BCUT2D eigenvalue weighted by molar-refractivity contribution is 6.13. The molecule has 0 spiro atoms. The van der Waals surface area contributed by atoms with Gasteiger partial charge in [-0.25, -0.2) is 15.0 Å². The van der Waals surface area contributed by atoms with Crippen molar-refractivity contribution >= 4 is 65.8 Å². The van der Waals surface area contributed by atoms with Gasteiger partial charge in [0.25, 0.3) is 0 Å². The average molecular weight is 732 g/mol. The summed E-state index contributed by atoms with van der Waals surface area (Å²) in [5.74, 6) is 1.66. The lowest BCUT2D eigenvalue weighted by molar-refractivity contribution is 0.668. The minimum Gasteiger partial charge on any atom is -0.456 e. The lowest BCUT2D eigenvalue weighted by Gasteiger charge is -2.09. The van der Waals surface area contributed by atoms with Crippen LogP contribution in [-0.4, -0.2) is 15.0 Å². The number of para-hydroxylation sites is 2. The van der Waals surface area contributed by atoms with Gasteiger partial charge in [0.05, 0.1) is 0 Å². The number of hydrogen-bond donors (Lipinski definition) is 0. The number of aromatic nitrogens is 3. The summed E-state index contributed by atoms with van der Waals surface area (Å²) >= 11 is 0. The smallest absolute Gasteiger partial charge is 0.164 e. The number of rotatable bonds is 5. The first-order chi connectivity index (χ1) is 28.2. The molecule has 0 amide bonds. The van der Waals surface area contributed by atoms with Crippen LogP contribution in [0.3, 0.4) is 0 Å². The zero-order chi connectivity index (χ0) is 37.5. The van der Waals surface area contributed by atoms with E-state index in [0.717, 1.165) is 105 Å². The van der Waals surface area contributed by atoms with Crippen LogP contribution in [-0.2, 0) is 0 Å². The van der Waals surface area contributed by atoms with Crippen LogP contribution in [0.4, 0.5) is 0 Å². The molecule has 0 saturated heterocycles. The van der Waals surface area contributed by atoms with Crippen molar-refractivity contribution in [2.24, 2.45) is 0 Å². The molecule has 0 aliphatic heterocycles. The summed E-state index contributed by atoms with van der Waals surface area (Å²) in [6.45, 7) is 0. The molecular formula is C51H29N3O3. The fraction of sp³-hybridized carbons (Fsp3) is 0. The summed E-state index contributed by atoms with van der Waals surface area (Å²) in [6, 6.07) is 59.9. The van der Waals surface area contributed by atoms with Gasteiger partial charge in [0, 0.05) is 49.0 Å². The molecule has 266 valence electrons. The Labute approximate surface area is 325 Å². The number of hydrogen-bond acceptors (Lipinski definition) is 6. The van der Waals surface area contributed by atoms with Gasteiger partial charge in [-0.3, -0.25) is 0 Å². The first kappa shape index (κ1) is 31.5. The van der Waals surface area contributed by atoms with E-state index in [4.69, 9.17) is 28.2 Å². The molecule has 0 radical (unpaired) electrons. The summed E-state index contributed by atoms with van der Waals surface area (Å²) in [6.07, 6.45) is 0. The first-order valence-electron chi connectivity index (χ1n) is 18.9. The van der Waals surface area contributed by atoms with E-state index < -0.39 is 0 Å². The van der Waals surface area contributed by atoms with Crippen molar-refractivity contribution in [2.45, 2.75) is 0 Å². The van der Waals surface area contributed by atoms with Crippen LogP contribution >= 0.6 is 0 Å². The molecule has 6 nitrogen and oxygen atoms in total. The predicted molar refractivity (Wildman–Crippen MR) is 229 cm³/mol. The van der Waals surface area contributed by atoms with Crippen LogP contribution in [0.25, 0.3) is 122 Å². The Balaban J connectivity index is 0.984. The van der Waals surface area contributed by atoms with Crippen molar-refractivity contribution in [1.82, 2.24) is 15.0 Å². The monoisotopic (exact) mass is 731 g/mol. The van der Waals surface area contributed by atoms with Gasteiger partial charge in [-0.15, -0.1) is 0 Å². The topological polar surface area (TPSA) is 78.1 Å². The predicted octanol–water partition coefficient (Wildman–Crippen LogP) is 13.9. The average Bonchev–Trinajstić information content (AvgIpc) is 3.97. The highest BCUT2D eigenvalue weighted by Gasteiger charge is 2.18. The minimum absolute atomic E-state index is 0.546. The van der Waals surface area contributed by atoms with Crippen LogP contribution in [0.15, 0.2) is 189 Å². The Bertz CT molecular complexity index is 3520. The number of benzene rings is 8. The minimum atomic E-state index is 0.546. The molecule has 0 bridgehead atoms. The molecule has 57 heavy (non-hydrogen) atoms. The van der Waals surface area contributed by atoms with Crippen LogP contribution in [0, 0.1) is 0 Å². The van der Waals surface area contributed by atoms with E-state index in [-0.39, 0.29) is 0 Å². The molecule has 4 heterocycles. The molecule has 12 aromatic rings. The van der Waals surface area contributed by atoms with E-state index in [2.05, 4.69) is 109 Å². The molecule has 12 rings (SSSR count). The van der Waals surface area contributed by atoms with Gasteiger partial charge in [-0.1, -0.05) is 121 Å². The molecule has 0 fully saturated rings. The van der Waals surface area contributed by atoms with Gasteiger partial charge < -0.3 is 13.3 Å². The first-order valence-corrected chi connectivity index (χ1v) is 18.9. The zero-order valence-electron chi connectivity index (χ0n) is 30.3. The second-order valence-corrected chi connectivity index (χ2v) is 14.4. The van der Waals surface area contributed by atoms with Gasteiger partial charge in [0.2, 0.25) is 0 Å². The third-order valence-electron chi connectivity index (χ3n) is 11.0. The lowest BCUT2D eigenvalue weighted by atomic mass is 9.99. The van der Waals surface area contributed by atoms with Crippen molar-refractivity contribution in [3.05, 3.63) is 176 Å². The van der Waals surface area contributed by atoms with Crippen LogP contribution in [0.2, 0.25) is 0 Å². The summed E-state index contributed by atoms with van der Waals surface area (Å²) < 4.78 is 19.0. The zero-order valence-corrected chi connectivity index (χ0v) is 30.3. The molecule has 0 N–H and O–H groups in total. The van der Waals surface area contributed by atoms with E-state index >= 15 is 0 Å². The Morgan fingerprint density at radius 2 is 0.702 bits per heavy atom. The molecule has 0 unspecified atom stereocenters. The molecule has 0 aliphatic carbocycles. The Kier molecular flexibility index (Phi) is 6.83. The third-order valence-corrected chi connectivity index (χ3v) is 11.0. The lowest BCUT2D eigenvalue weighted by Crippen LogP contribution is -2.00. The molecule has 0 saturated carbocycles. The fourth-order valence-corrected chi connectivity index (χ4v) is 8.17. The van der Waals surface area contributed by atoms with Gasteiger partial charge in [-0.05, 0) is 76.9 Å². The van der Waals surface area contributed by atoms with E-state index in [9.17, 15) is 0 Å². The molecule has 8 aromatic carbocycles. The van der Waals surface area contributed by atoms with Crippen molar-refractivity contribution in [2.75, 3.05) is 0 Å². The van der Waals surface area contributed by atoms with E-state index in [0.29, 0.717) is 17.5 Å². The number of furan rings is 3. The molecular weight excluding hydrogens is 703 g/mol. The largest absolute Gasteiger partial charge is 0.456 e. The quantitative estimate of drug-likeness (QED) is 0.175. The second kappa shape index (κ2) is 12.3. The van der Waals surface area contributed by atoms with Gasteiger partial charge in [-0.2, -0.15) is 0 Å². The number of fused-ring (bicyclic) bond motifs is 9. The maximum absolute atomic E-state index is 6.49.